The van der Waals surface area contributed by atoms with E-state index in [-0.39, 0.29) is 7.17 Å². The molecule has 0 radical (unpaired) electrons. The summed E-state index contributed by atoms with van der Waals surface area (Å²) < 4.78 is 62.6. The van der Waals surface area contributed by atoms with Crippen molar-refractivity contribution in [2.45, 2.75) is 0 Å². The smallest absolute Gasteiger partial charge is 0.200 e. The van der Waals surface area contributed by atoms with E-state index in [0.717, 1.165) is 0 Å². The van der Waals surface area contributed by atoms with E-state index in [1.54, 1.807) is 0 Å². The molecule has 1 rings (SSSR count). The molecule has 1 aromatic carbocycles. The summed E-state index contributed by atoms with van der Waals surface area (Å²) in [4.78, 5) is 0. The third-order valence-corrected chi connectivity index (χ3v) is 1.65. The van der Waals surface area contributed by atoms with Crippen LogP contribution in [0.1, 0.15) is 0 Å². The average Bonchev–Trinajstić information content (AvgIpc) is 2.13. The molecule has 0 saturated carbocycles. The molecule has 0 aliphatic carbocycles. The summed E-state index contributed by atoms with van der Waals surface area (Å²) in [5.41, 5.74) is -0.781. The highest BCUT2D eigenvalue weighted by Gasteiger charge is 2.23. The second-order valence-electron chi connectivity index (χ2n) is 2.40. The van der Waals surface area contributed by atoms with E-state index in [1.165, 1.54) is 7.74 Å². The van der Waals surface area contributed by atoms with Crippen LogP contribution in [-0.4, -0.2) is 14.9 Å². The Hall–Kier alpha value is -1.00. The number of halogens is 5. The molecule has 0 aliphatic heterocycles. The molecule has 0 bridgehead atoms. The van der Waals surface area contributed by atoms with Crippen molar-refractivity contribution >= 4 is 20.4 Å². The van der Waals surface area contributed by atoms with Crippen LogP contribution < -0.4 is 5.46 Å². The van der Waals surface area contributed by atoms with Crippen molar-refractivity contribution in [3.8, 4) is 0 Å². The zero-order chi connectivity index (χ0) is 10.2. The zero-order valence-electron chi connectivity index (χ0n) is 6.60. The van der Waals surface area contributed by atoms with Crippen LogP contribution in [0.3, 0.4) is 0 Å². The van der Waals surface area contributed by atoms with Crippen LogP contribution in [0.15, 0.2) is 0 Å². The van der Waals surface area contributed by atoms with Crippen LogP contribution in [0.4, 0.5) is 22.0 Å². The van der Waals surface area contributed by atoms with E-state index in [2.05, 4.69) is 0 Å². The van der Waals surface area contributed by atoms with E-state index in [9.17, 15) is 22.0 Å². The molecule has 1 aromatic rings. The molecule has 0 saturated heterocycles. The third kappa shape index (κ3) is 1.43. The molecule has 0 amide bonds. The third-order valence-electron chi connectivity index (χ3n) is 1.65. The molecule has 0 fully saturated rings. The Balaban J connectivity index is 3.56. The van der Waals surface area contributed by atoms with Crippen LogP contribution in [0, 0.1) is 29.1 Å². The highest BCUT2D eigenvalue weighted by molar-refractivity contribution is 6.97. The number of benzene rings is 1. The summed E-state index contributed by atoms with van der Waals surface area (Å²) in [6.07, 6.45) is 0. The van der Waals surface area contributed by atoms with Crippen molar-refractivity contribution in [3.63, 3.8) is 0 Å². The molecule has 0 spiro atoms. The molecule has 0 unspecified atom stereocenters. The molecule has 0 atom stereocenters. The van der Waals surface area contributed by atoms with Crippen LogP contribution in [-0.2, 0) is 0 Å². The maximum Gasteiger partial charge on any atom is 0.200 e. The lowest BCUT2D eigenvalue weighted by atomic mass is 9.51. The Labute approximate surface area is 72.4 Å². The molecule has 13 heavy (non-hydrogen) atoms. The first-order chi connectivity index (χ1) is 6.00. The van der Waals surface area contributed by atoms with Gasteiger partial charge in [0.2, 0.25) is 0 Å². The van der Waals surface area contributed by atoms with Gasteiger partial charge >= 0.3 is 0 Å². The van der Waals surface area contributed by atoms with Gasteiger partial charge in [0.15, 0.2) is 29.1 Å². The van der Waals surface area contributed by atoms with Crippen LogP contribution >= 0.6 is 0 Å². The first-order valence-corrected chi connectivity index (χ1v) is 3.51. The SMILES string of the molecule is BBc1c(F)c(F)c(F)c(F)c1F. The van der Waals surface area contributed by atoms with Gasteiger partial charge in [-0.05, 0) is 5.46 Å². The molecule has 7 heteroatoms. The van der Waals surface area contributed by atoms with Gasteiger partial charge in [0, 0.05) is 0 Å². The predicted octanol–water partition coefficient (Wildman–Crippen LogP) is -0.00800. The Bertz CT molecular complexity index is 322. The lowest BCUT2D eigenvalue weighted by Gasteiger charge is -2.04. The van der Waals surface area contributed by atoms with Gasteiger partial charge in [-0.3, -0.25) is 0 Å². The normalized spacial score (nSPS) is 10.2. The van der Waals surface area contributed by atoms with Gasteiger partial charge in [0.1, 0.15) is 7.17 Å². The first kappa shape index (κ1) is 10.1. The van der Waals surface area contributed by atoms with Gasteiger partial charge in [0.05, 0.1) is 7.74 Å². The van der Waals surface area contributed by atoms with Crippen molar-refractivity contribution in [3.05, 3.63) is 29.1 Å². The molecular formula is C6H3B2F5. The van der Waals surface area contributed by atoms with Gasteiger partial charge in [0.25, 0.3) is 0 Å². The fourth-order valence-electron chi connectivity index (χ4n) is 0.961. The van der Waals surface area contributed by atoms with E-state index in [1.807, 2.05) is 0 Å². The second kappa shape index (κ2) is 3.39. The zero-order valence-corrected chi connectivity index (χ0v) is 6.60. The summed E-state index contributed by atoms with van der Waals surface area (Å²) in [5.74, 6) is -9.41. The minimum atomic E-state index is -2.12. The number of hydrogen-bond donors (Lipinski definition) is 0. The van der Waals surface area contributed by atoms with Gasteiger partial charge in [-0.2, -0.15) is 0 Å². The molecular weight excluding hydrogens is 189 g/mol. The van der Waals surface area contributed by atoms with Crippen molar-refractivity contribution < 1.29 is 22.0 Å². The molecule has 0 nitrogen and oxygen atoms in total. The Morgan fingerprint density at radius 3 is 1.31 bits per heavy atom. The Kier molecular flexibility index (Phi) is 2.63. The van der Waals surface area contributed by atoms with Crippen molar-refractivity contribution in [1.82, 2.24) is 0 Å². The summed E-state index contributed by atoms with van der Waals surface area (Å²) in [5, 5.41) is 0. The topological polar surface area (TPSA) is 0 Å². The van der Waals surface area contributed by atoms with Gasteiger partial charge in [-0.15, -0.1) is 0 Å². The second-order valence-corrected chi connectivity index (χ2v) is 2.40. The quantitative estimate of drug-likeness (QED) is 0.254. The fourth-order valence-corrected chi connectivity index (χ4v) is 0.961. The monoisotopic (exact) mass is 192 g/mol. The van der Waals surface area contributed by atoms with E-state index < -0.39 is 34.5 Å². The fraction of sp³-hybridized carbons (Fsp3) is 0. The lowest BCUT2D eigenvalue weighted by Crippen LogP contribution is -2.27. The van der Waals surface area contributed by atoms with Crippen molar-refractivity contribution in [2.75, 3.05) is 0 Å². The summed E-state index contributed by atoms with van der Waals surface area (Å²) in [6.45, 7) is 0. The molecule has 68 valence electrons. The van der Waals surface area contributed by atoms with Gasteiger partial charge < -0.3 is 0 Å². The first-order valence-electron chi connectivity index (χ1n) is 3.51. The maximum absolute atomic E-state index is 12.7. The summed E-state index contributed by atoms with van der Waals surface area (Å²) in [6, 6.07) is 0. The van der Waals surface area contributed by atoms with Crippen LogP contribution in [0.5, 0.6) is 0 Å². The standard InChI is InChI=1S/C6H3B2F5/c7-8-1-2(9)4(11)6(13)5(12)3(1)10/h8H,7H2. The van der Waals surface area contributed by atoms with E-state index >= 15 is 0 Å². The molecule has 0 heterocycles. The highest BCUT2D eigenvalue weighted by Crippen LogP contribution is 2.15. The Morgan fingerprint density at radius 2 is 1.00 bits per heavy atom. The number of rotatable bonds is 1. The van der Waals surface area contributed by atoms with E-state index in [4.69, 9.17) is 0 Å². The molecule has 0 N–H and O–H groups in total. The van der Waals surface area contributed by atoms with Crippen molar-refractivity contribution in [2.24, 2.45) is 0 Å². The van der Waals surface area contributed by atoms with Crippen LogP contribution in [0.2, 0.25) is 0 Å². The van der Waals surface area contributed by atoms with Gasteiger partial charge in [-0.25, -0.2) is 22.0 Å². The average molecular weight is 192 g/mol. The molecule has 0 aliphatic rings. The summed E-state index contributed by atoms with van der Waals surface area (Å²) >= 11 is 0. The summed E-state index contributed by atoms with van der Waals surface area (Å²) in [7, 11) is 1.06. The van der Waals surface area contributed by atoms with Crippen LogP contribution in [0.25, 0.3) is 0 Å². The minimum absolute atomic E-state index is 0.244. The van der Waals surface area contributed by atoms with E-state index in [0.29, 0.717) is 0 Å². The predicted molar refractivity (Wildman–Crippen MR) is 41.6 cm³/mol. The Morgan fingerprint density at radius 1 is 0.692 bits per heavy atom. The minimum Gasteiger partial charge on any atom is -0.204 e. The largest absolute Gasteiger partial charge is 0.204 e. The van der Waals surface area contributed by atoms with Crippen molar-refractivity contribution in [1.29, 1.82) is 0 Å². The molecule has 0 aromatic heterocycles. The number of hydrogen-bond acceptors (Lipinski definition) is 0. The highest BCUT2D eigenvalue weighted by atomic mass is 19.2. The lowest BCUT2D eigenvalue weighted by molar-refractivity contribution is 0.384. The van der Waals surface area contributed by atoms with Gasteiger partial charge in [-0.1, -0.05) is 0 Å². The maximum atomic E-state index is 12.7.